The predicted molar refractivity (Wildman–Crippen MR) is 113 cm³/mol. The first-order valence-corrected chi connectivity index (χ1v) is 10.8. The molecule has 0 aliphatic carbocycles. The average molecular weight is 376 g/mol. The van der Waals surface area contributed by atoms with Gasteiger partial charge in [-0.3, -0.25) is 0 Å². The van der Waals surface area contributed by atoms with Gasteiger partial charge in [0.25, 0.3) is 0 Å². The van der Waals surface area contributed by atoms with Crippen molar-refractivity contribution in [2.45, 2.75) is 38.0 Å². The van der Waals surface area contributed by atoms with Crippen molar-refractivity contribution in [1.82, 2.24) is 0 Å². The van der Waals surface area contributed by atoms with Crippen molar-refractivity contribution < 1.29 is 9.47 Å². The fraction of sp³-hybridized carbons (Fsp3) is 0.250. The third-order valence-electron chi connectivity index (χ3n) is 4.76. The molecule has 0 unspecified atom stereocenters. The van der Waals surface area contributed by atoms with Crippen molar-refractivity contribution in [1.29, 1.82) is 0 Å². The Kier molecular flexibility index (Phi) is 5.41. The highest BCUT2D eigenvalue weighted by molar-refractivity contribution is 7.73. The normalized spacial score (nSPS) is 21.4. The Hall–Kier alpha value is -1.99. The predicted octanol–water partition coefficient (Wildman–Crippen LogP) is 4.84. The van der Waals surface area contributed by atoms with Gasteiger partial charge in [-0.05, 0) is 37.9 Å². The van der Waals surface area contributed by atoms with Crippen LogP contribution in [0.25, 0.3) is 0 Å². The van der Waals surface area contributed by atoms with E-state index in [4.69, 9.17) is 9.47 Å². The summed E-state index contributed by atoms with van der Waals surface area (Å²) in [5.74, 6) is -0.561. The van der Waals surface area contributed by atoms with E-state index in [0.717, 1.165) is 6.42 Å². The molecule has 1 fully saturated rings. The zero-order valence-corrected chi connectivity index (χ0v) is 16.7. The molecule has 27 heavy (non-hydrogen) atoms. The summed E-state index contributed by atoms with van der Waals surface area (Å²) < 4.78 is 12.9. The lowest BCUT2D eigenvalue weighted by atomic mass is 10.1. The minimum absolute atomic E-state index is 0.0139. The molecule has 2 atom stereocenters. The molecule has 0 N–H and O–H groups in total. The number of rotatable bonds is 5. The van der Waals surface area contributed by atoms with E-state index in [2.05, 4.69) is 91.0 Å². The number of ether oxygens (including phenoxy) is 2. The van der Waals surface area contributed by atoms with Crippen molar-refractivity contribution in [2.75, 3.05) is 0 Å². The van der Waals surface area contributed by atoms with Gasteiger partial charge in [0.15, 0.2) is 5.79 Å². The van der Waals surface area contributed by atoms with Crippen LogP contribution < -0.4 is 10.6 Å². The first-order valence-electron chi connectivity index (χ1n) is 9.41. The number of hydrogen-bond acceptors (Lipinski definition) is 2. The summed E-state index contributed by atoms with van der Waals surface area (Å²) in [5, 5.41) is 2.64. The molecule has 0 bridgehead atoms. The second-order valence-corrected chi connectivity index (χ2v) is 9.58. The molecule has 0 aromatic heterocycles. The molecule has 3 heteroatoms. The Balaban J connectivity index is 1.72. The lowest BCUT2D eigenvalue weighted by Gasteiger charge is -2.28. The Bertz CT molecular complexity index is 810. The summed E-state index contributed by atoms with van der Waals surface area (Å²) in [6.07, 6.45) is 0.877. The quantitative estimate of drug-likeness (QED) is 0.593. The molecule has 1 aliphatic heterocycles. The fourth-order valence-corrected chi connectivity index (χ4v) is 6.38. The monoisotopic (exact) mass is 376 g/mol. The second-order valence-electron chi connectivity index (χ2n) is 7.30. The molecular weight excluding hydrogens is 351 g/mol. The largest absolute Gasteiger partial charge is 0.344 e. The average Bonchev–Trinajstić information content (AvgIpc) is 2.98. The smallest absolute Gasteiger partial charge is 0.164 e. The molecule has 0 saturated carbocycles. The van der Waals surface area contributed by atoms with E-state index in [0.29, 0.717) is 0 Å². The molecule has 1 aliphatic rings. The second kappa shape index (κ2) is 7.94. The van der Waals surface area contributed by atoms with Gasteiger partial charge in [-0.1, -0.05) is 91.0 Å². The standard InChI is InChI=1S/C24H25O2P/c1-24(2)25-22(18-19-12-6-3-7-13-19)23(26-24)27(20-14-8-4-9-15-20)21-16-10-5-11-17-21/h3-17,22-23H,18H2,1-2H3/t22-,23-/m1/s1. The molecule has 3 aromatic rings. The zero-order valence-electron chi connectivity index (χ0n) is 15.8. The molecule has 138 valence electrons. The van der Waals surface area contributed by atoms with E-state index < -0.39 is 13.7 Å². The van der Waals surface area contributed by atoms with Crippen LogP contribution in [0.5, 0.6) is 0 Å². The molecule has 0 spiro atoms. The SMILES string of the molecule is CC1(C)O[C@H](Cc2ccccc2)[C@@H](P(c2ccccc2)c2ccccc2)O1. The third kappa shape index (κ3) is 4.30. The van der Waals surface area contributed by atoms with E-state index in [-0.39, 0.29) is 11.9 Å². The van der Waals surface area contributed by atoms with E-state index in [1.165, 1.54) is 16.2 Å². The minimum Gasteiger partial charge on any atom is -0.344 e. The molecular formula is C24H25O2P. The summed E-state index contributed by atoms with van der Waals surface area (Å²) in [5.41, 5.74) is 1.28. The zero-order chi connectivity index (χ0) is 18.7. The van der Waals surface area contributed by atoms with Crippen molar-refractivity contribution in [3.05, 3.63) is 96.6 Å². The Labute approximate surface area is 162 Å². The maximum absolute atomic E-state index is 6.51. The summed E-state index contributed by atoms with van der Waals surface area (Å²) in [6, 6.07) is 32.0. The van der Waals surface area contributed by atoms with Gasteiger partial charge in [-0.25, -0.2) is 0 Å². The molecule has 4 rings (SSSR count). The van der Waals surface area contributed by atoms with Crippen LogP contribution in [0.1, 0.15) is 19.4 Å². The van der Waals surface area contributed by atoms with Gasteiger partial charge >= 0.3 is 0 Å². The molecule has 2 nitrogen and oxygen atoms in total. The van der Waals surface area contributed by atoms with E-state index in [9.17, 15) is 0 Å². The van der Waals surface area contributed by atoms with Crippen LogP contribution in [0, 0.1) is 0 Å². The van der Waals surface area contributed by atoms with Crippen molar-refractivity contribution >= 4 is 18.5 Å². The molecule has 0 amide bonds. The maximum Gasteiger partial charge on any atom is 0.164 e. The van der Waals surface area contributed by atoms with Crippen LogP contribution in [0.3, 0.4) is 0 Å². The Morgan fingerprint density at radius 1 is 0.704 bits per heavy atom. The molecule has 1 saturated heterocycles. The van der Waals surface area contributed by atoms with Crippen molar-refractivity contribution in [3.8, 4) is 0 Å². The first kappa shape index (κ1) is 18.4. The maximum atomic E-state index is 6.51. The van der Waals surface area contributed by atoms with Crippen LogP contribution >= 0.6 is 7.92 Å². The van der Waals surface area contributed by atoms with Crippen LogP contribution in [0.4, 0.5) is 0 Å². The van der Waals surface area contributed by atoms with Gasteiger partial charge in [0.05, 0.1) is 6.10 Å². The Morgan fingerprint density at radius 3 is 1.70 bits per heavy atom. The van der Waals surface area contributed by atoms with Gasteiger partial charge in [0, 0.05) is 6.42 Å². The van der Waals surface area contributed by atoms with E-state index in [1.54, 1.807) is 0 Å². The first-order chi connectivity index (χ1) is 13.1. The molecule has 3 aromatic carbocycles. The molecule has 0 radical (unpaired) electrons. The summed E-state index contributed by atoms with van der Waals surface area (Å²) in [6.45, 7) is 4.04. The fourth-order valence-electron chi connectivity index (χ4n) is 3.65. The van der Waals surface area contributed by atoms with Crippen LogP contribution in [-0.2, 0) is 15.9 Å². The summed E-state index contributed by atoms with van der Waals surface area (Å²) in [4.78, 5) is 0. The highest BCUT2D eigenvalue weighted by Crippen LogP contribution is 2.49. The van der Waals surface area contributed by atoms with Crippen molar-refractivity contribution in [2.24, 2.45) is 0 Å². The summed E-state index contributed by atoms with van der Waals surface area (Å²) in [7, 11) is -0.693. The number of benzene rings is 3. The lowest BCUT2D eigenvalue weighted by molar-refractivity contribution is -0.140. The highest BCUT2D eigenvalue weighted by atomic mass is 31.1. The van der Waals surface area contributed by atoms with E-state index in [1.807, 2.05) is 13.8 Å². The molecule has 1 heterocycles. The van der Waals surface area contributed by atoms with Gasteiger partial charge < -0.3 is 9.47 Å². The highest BCUT2D eigenvalue weighted by Gasteiger charge is 2.45. The minimum atomic E-state index is -0.693. The van der Waals surface area contributed by atoms with Crippen molar-refractivity contribution in [3.63, 3.8) is 0 Å². The third-order valence-corrected chi connectivity index (χ3v) is 7.42. The topological polar surface area (TPSA) is 18.5 Å². The van der Waals surface area contributed by atoms with Crippen LogP contribution in [0.15, 0.2) is 91.0 Å². The lowest BCUT2D eigenvalue weighted by Crippen LogP contribution is -2.31. The van der Waals surface area contributed by atoms with Crippen LogP contribution in [-0.4, -0.2) is 17.7 Å². The van der Waals surface area contributed by atoms with Crippen LogP contribution in [0.2, 0.25) is 0 Å². The van der Waals surface area contributed by atoms with Gasteiger partial charge in [0.1, 0.15) is 5.85 Å². The van der Waals surface area contributed by atoms with Gasteiger partial charge in [0.2, 0.25) is 0 Å². The Morgan fingerprint density at radius 2 is 1.19 bits per heavy atom. The summed E-state index contributed by atoms with van der Waals surface area (Å²) >= 11 is 0. The van der Waals surface area contributed by atoms with Gasteiger partial charge in [-0.2, -0.15) is 0 Å². The van der Waals surface area contributed by atoms with Gasteiger partial charge in [-0.15, -0.1) is 0 Å². The number of hydrogen-bond donors (Lipinski definition) is 0. The van der Waals surface area contributed by atoms with E-state index >= 15 is 0 Å².